The van der Waals surface area contributed by atoms with E-state index >= 15 is 0 Å². The molecule has 4 nitrogen and oxygen atoms in total. The van der Waals surface area contributed by atoms with E-state index in [2.05, 4.69) is 10.5 Å². The third-order valence-electron chi connectivity index (χ3n) is 2.30. The molecule has 0 aliphatic rings. The summed E-state index contributed by atoms with van der Waals surface area (Å²) in [6.07, 6.45) is 0. The first-order valence-corrected chi connectivity index (χ1v) is 5.98. The number of halogens is 1. The van der Waals surface area contributed by atoms with Crippen LogP contribution in [0.2, 0.25) is 5.02 Å². The molecule has 0 atom stereocenters. The van der Waals surface area contributed by atoms with Crippen molar-refractivity contribution < 1.29 is 9.32 Å². The van der Waals surface area contributed by atoms with Gasteiger partial charge in [0.05, 0.1) is 5.02 Å². The van der Waals surface area contributed by atoms with Gasteiger partial charge in [-0.15, -0.1) is 0 Å². The Morgan fingerprint density at radius 3 is 2.78 bits per heavy atom. The van der Waals surface area contributed by atoms with Crippen LogP contribution in [0.15, 0.2) is 34.9 Å². The van der Waals surface area contributed by atoms with Crippen LogP contribution in [-0.4, -0.2) is 17.1 Å². The summed E-state index contributed by atoms with van der Waals surface area (Å²) in [6.45, 7) is 3.76. The standard InChI is InChI=1S/C13H13ClN2O2/c1-8(2)15-13(17)12-7-11(16-18-12)9-5-3-4-6-10(9)14/h3-8H,1-2H3,(H,15,17). The third kappa shape index (κ3) is 2.71. The minimum atomic E-state index is -0.282. The van der Waals surface area contributed by atoms with Gasteiger partial charge in [-0.2, -0.15) is 0 Å². The molecule has 0 fully saturated rings. The van der Waals surface area contributed by atoms with Crippen molar-refractivity contribution >= 4 is 17.5 Å². The molecular weight excluding hydrogens is 252 g/mol. The van der Waals surface area contributed by atoms with Gasteiger partial charge in [0, 0.05) is 17.7 Å². The van der Waals surface area contributed by atoms with E-state index in [1.54, 1.807) is 12.1 Å². The Hall–Kier alpha value is -1.81. The molecule has 0 radical (unpaired) electrons. The second-order valence-corrected chi connectivity index (χ2v) is 4.59. The van der Waals surface area contributed by atoms with Crippen LogP contribution in [0.1, 0.15) is 24.4 Å². The van der Waals surface area contributed by atoms with Crippen LogP contribution >= 0.6 is 11.6 Å². The molecule has 1 heterocycles. The SMILES string of the molecule is CC(C)NC(=O)c1cc(-c2ccccc2Cl)no1. The molecule has 0 aliphatic heterocycles. The van der Waals surface area contributed by atoms with Crippen molar-refractivity contribution in [3.63, 3.8) is 0 Å². The summed E-state index contributed by atoms with van der Waals surface area (Å²) in [5, 5.41) is 7.16. The monoisotopic (exact) mass is 264 g/mol. The molecule has 18 heavy (non-hydrogen) atoms. The zero-order valence-corrected chi connectivity index (χ0v) is 10.9. The Morgan fingerprint density at radius 2 is 2.11 bits per heavy atom. The van der Waals surface area contributed by atoms with Crippen LogP contribution < -0.4 is 5.32 Å². The highest BCUT2D eigenvalue weighted by Crippen LogP contribution is 2.26. The summed E-state index contributed by atoms with van der Waals surface area (Å²) in [6, 6.07) is 8.90. The zero-order chi connectivity index (χ0) is 13.1. The molecule has 5 heteroatoms. The number of hydrogen-bond donors (Lipinski definition) is 1. The van der Waals surface area contributed by atoms with Crippen LogP contribution in [0.3, 0.4) is 0 Å². The van der Waals surface area contributed by atoms with Crippen molar-refractivity contribution in [2.24, 2.45) is 0 Å². The van der Waals surface area contributed by atoms with Crippen molar-refractivity contribution in [3.05, 3.63) is 41.1 Å². The summed E-state index contributed by atoms with van der Waals surface area (Å²) < 4.78 is 5.02. The molecule has 0 spiro atoms. The lowest BCUT2D eigenvalue weighted by molar-refractivity contribution is 0.0906. The van der Waals surface area contributed by atoms with E-state index in [1.807, 2.05) is 32.0 Å². The number of benzene rings is 1. The molecule has 0 saturated carbocycles. The van der Waals surface area contributed by atoms with Gasteiger partial charge < -0.3 is 9.84 Å². The molecule has 2 aromatic rings. The van der Waals surface area contributed by atoms with E-state index in [9.17, 15) is 4.79 Å². The van der Waals surface area contributed by atoms with Crippen LogP contribution in [0.25, 0.3) is 11.3 Å². The number of carbonyl (C=O) groups is 1. The second kappa shape index (κ2) is 5.23. The van der Waals surface area contributed by atoms with E-state index in [4.69, 9.17) is 16.1 Å². The Morgan fingerprint density at radius 1 is 1.39 bits per heavy atom. The van der Waals surface area contributed by atoms with Gasteiger partial charge in [0.25, 0.3) is 5.91 Å². The molecule has 0 aliphatic carbocycles. The topological polar surface area (TPSA) is 55.1 Å². The summed E-state index contributed by atoms with van der Waals surface area (Å²) in [7, 11) is 0. The largest absolute Gasteiger partial charge is 0.350 e. The fourth-order valence-corrected chi connectivity index (χ4v) is 1.74. The summed E-state index contributed by atoms with van der Waals surface area (Å²) in [5.74, 6) is -0.102. The Balaban J connectivity index is 2.26. The maximum absolute atomic E-state index is 11.7. The lowest BCUT2D eigenvalue weighted by Crippen LogP contribution is -2.29. The van der Waals surface area contributed by atoms with Crippen LogP contribution in [0, 0.1) is 0 Å². The fourth-order valence-electron chi connectivity index (χ4n) is 1.51. The molecule has 0 unspecified atom stereocenters. The smallest absolute Gasteiger partial charge is 0.290 e. The summed E-state index contributed by atoms with van der Waals surface area (Å²) >= 11 is 6.05. The lowest BCUT2D eigenvalue weighted by Gasteiger charge is -2.04. The highest BCUT2D eigenvalue weighted by molar-refractivity contribution is 6.33. The van der Waals surface area contributed by atoms with E-state index in [1.165, 1.54) is 0 Å². The summed E-state index contributed by atoms with van der Waals surface area (Å²) in [5.41, 5.74) is 1.29. The first-order valence-electron chi connectivity index (χ1n) is 5.60. The molecule has 0 saturated heterocycles. The normalized spacial score (nSPS) is 10.7. The lowest BCUT2D eigenvalue weighted by atomic mass is 10.1. The van der Waals surface area contributed by atoms with Crippen molar-refractivity contribution in [1.82, 2.24) is 10.5 Å². The average Bonchev–Trinajstić information content (AvgIpc) is 2.78. The number of amides is 1. The first-order chi connectivity index (χ1) is 8.58. The predicted octanol–water partition coefficient (Wildman–Crippen LogP) is 3.13. The predicted molar refractivity (Wildman–Crippen MR) is 69.6 cm³/mol. The Bertz CT molecular complexity index is 564. The van der Waals surface area contributed by atoms with Crippen LogP contribution in [0.5, 0.6) is 0 Å². The molecular formula is C13H13ClN2O2. The van der Waals surface area contributed by atoms with Crippen LogP contribution in [-0.2, 0) is 0 Å². The van der Waals surface area contributed by atoms with Gasteiger partial charge in [-0.1, -0.05) is 35.0 Å². The van der Waals surface area contributed by atoms with Gasteiger partial charge in [0.1, 0.15) is 5.69 Å². The van der Waals surface area contributed by atoms with Gasteiger partial charge in [0.15, 0.2) is 0 Å². The summed E-state index contributed by atoms with van der Waals surface area (Å²) in [4.78, 5) is 11.7. The van der Waals surface area contributed by atoms with Crippen molar-refractivity contribution in [1.29, 1.82) is 0 Å². The number of aromatic nitrogens is 1. The minimum Gasteiger partial charge on any atom is -0.350 e. The van der Waals surface area contributed by atoms with E-state index < -0.39 is 0 Å². The number of hydrogen-bond acceptors (Lipinski definition) is 3. The van der Waals surface area contributed by atoms with Gasteiger partial charge in [0.2, 0.25) is 5.76 Å². The number of rotatable bonds is 3. The molecule has 2 rings (SSSR count). The molecule has 1 aromatic carbocycles. The molecule has 0 bridgehead atoms. The maximum Gasteiger partial charge on any atom is 0.290 e. The number of nitrogens with one attached hydrogen (secondary N) is 1. The average molecular weight is 265 g/mol. The highest BCUT2D eigenvalue weighted by Gasteiger charge is 2.15. The number of nitrogens with zero attached hydrogens (tertiary/aromatic N) is 1. The number of carbonyl (C=O) groups excluding carboxylic acids is 1. The van der Waals surface area contributed by atoms with E-state index in [0.717, 1.165) is 5.56 Å². The zero-order valence-electron chi connectivity index (χ0n) is 10.1. The van der Waals surface area contributed by atoms with Gasteiger partial charge >= 0.3 is 0 Å². The van der Waals surface area contributed by atoms with Gasteiger partial charge in [-0.05, 0) is 19.9 Å². The molecule has 1 aromatic heterocycles. The van der Waals surface area contributed by atoms with Gasteiger partial charge in [-0.3, -0.25) is 4.79 Å². The minimum absolute atomic E-state index is 0.0476. The van der Waals surface area contributed by atoms with E-state index in [0.29, 0.717) is 10.7 Å². The highest BCUT2D eigenvalue weighted by atomic mass is 35.5. The van der Waals surface area contributed by atoms with Crippen molar-refractivity contribution in [2.45, 2.75) is 19.9 Å². The van der Waals surface area contributed by atoms with Crippen molar-refractivity contribution in [2.75, 3.05) is 0 Å². The van der Waals surface area contributed by atoms with E-state index in [-0.39, 0.29) is 17.7 Å². The Kier molecular flexibility index (Phi) is 3.67. The maximum atomic E-state index is 11.7. The second-order valence-electron chi connectivity index (χ2n) is 4.18. The quantitative estimate of drug-likeness (QED) is 0.927. The molecule has 94 valence electrons. The van der Waals surface area contributed by atoms with Crippen LogP contribution in [0.4, 0.5) is 0 Å². The molecule has 1 N–H and O–H groups in total. The fraction of sp³-hybridized carbons (Fsp3) is 0.231. The third-order valence-corrected chi connectivity index (χ3v) is 2.63. The Labute approximate surface area is 110 Å². The first kappa shape index (κ1) is 12.6. The van der Waals surface area contributed by atoms with Crippen molar-refractivity contribution in [3.8, 4) is 11.3 Å². The van der Waals surface area contributed by atoms with Gasteiger partial charge in [-0.25, -0.2) is 0 Å². The molecule has 1 amide bonds.